The molecule has 1 amide bonds. The number of carbonyl (C=O) groups is 1. The third kappa shape index (κ3) is 6.22. The molecule has 1 aromatic rings. The molecule has 0 spiro atoms. The van der Waals surface area contributed by atoms with Crippen LogP contribution in [0, 0.1) is 5.92 Å². The van der Waals surface area contributed by atoms with E-state index in [2.05, 4.69) is 29.2 Å². The summed E-state index contributed by atoms with van der Waals surface area (Å²) in [6, 6.07) is 9.20. The number of hydrogen-bond acceptors (Lipinski definition) is 3. The Labute approximate surface area is 182 Å². The highest BCUT2D eigenvalue weighted by atomic mass is 19.4. The van der Waals surface area contributed by atoms with Crippen LogP contribution in [0.25, 0.3) is 0 Å². The molecule has 4 nitrogen and oxygen atoms in total. The highest BCUT2D eigenvalue weighted by molar-refractivity contribution is 5.76. The number of nitrogens with zero attached hydrogens (tertiary/aromatic N) is 2. The minimum Gasteiger partial charge on any atom is -0.376 e. The van der Waals surface area contributed by atoms with Gasteiger partial charge in [-0.25, -0.2) is 0 Å². The molecular formula is C24H33F3N2O2. The fourth-order valence-electron chi connectivity index (χ4n) is 5.33. The first-order chi connectivity index (χ1) is 14.9. The fraction of sp³-hybridized carbons (Fsp3) is 0.708. The van der Waals surface area contributed by atoms with Gasteiger partial charge in [-0.15, -0.1) is 0 Å². The number of amides is 1. The van der Waals surface area contributed by atoms with Crippen molar-refractivity contribution in [1.82, 2.24) is 9.80 Å². The molecule has 2 heterocycles. The summed E-state index contributed by atoms with van der Waals surface area (Å²) in [5.74, 6) is -0.0437. The molecule has 2 aliphatic heterocycles. The maximum atomic E-state index is 12.6. The summed E-state index contributed by atoms with van der Waals surface area (Å²) in [5, 5.41) is 0. The van der Waals surface area contributed by atoms with Crippen LogP contribution in [0.4, 0.5) is 13.2 Å². The van der Waals surface area contributed by atoms with E-state index in [-0.39, 0.29) is 12.0 Å². The van der Waals surface area contributed by atoms with Gasteiger partial charge in [0.15, 0.2) is 0 Å². The van der Waals surface area contributed by atoms with Crippen molar-refractivity contribution >= 4 is 5.91 Å². The predicted octanol–water partition coefficient (Wildman–Crippen LogP) is 4.22. The summed E-state index contributed by atoms with van der Waals surface area (Å²) in [7, 11) is 0. The number of likely N-dealkylation sites (tertiary alicyclic amines) is 1. The molecule has 7 heteroatoms. The molecule has 0 N–H and O–H groups in total. The van der Waals surface area contributed by atoms with Crippen LogP contribution in [0.15, 0.2) is 24.3 Å². The zero-order valence-electron chi connectivity index (χ0n) is 18.1. The summed E-state index contributed by atoms with van der Waals surface area (Å²) in [4.78, 5) is 16.8. The quantitative estimate of drug-likeness (QED) is 0.639. The topological polar surface area (TPSA) is 32.8 Å². The van der Waals surface area contributed by atoms with E-state index in [1.54, 1.807) is 4.90 Å². The Morgan fingerprint density at radius 1 is 1.06 bits per heavy atom. The van der Waals surface area contributed by atoms with Gasteiger partial charge in [-0.05, 0) is 68.7 Å². The van der Waals surface area contributed by atoms with Gasteiger partial charge in [-0.2, -0.15) is 13.2 Å². The third-order valence-electron chi connectivity index (χ3n) is 7.10. The second-order valence-electron chi connectivity index (χ2n) is 9.36. The minimum absolute atomic E-state index is 0.0353. The van der Waals surface area contributed by atoms with Crippen molar-refractivity contribution in [2.24, 2.45) is 5.92 Å². The van der Waals surface area contributed by atoms with Crippen LogP contribution in [-0.4, -0.2) is 66.8 Å². The summed E-state index contributed by atoms with van der Waals surface area (Å²) in [6.07, 6.45) is 0.166. The molecule has 2 saturated heterocycles. The van der Waals surface area contributed by atoms with Gasteiger partial charge in [0.25, 0.3) is 0 Å². The SMILES string of the molecule is O=C(CCC(F)(F)F)N(CC1CCN(C2Cc3ccccc3C2)CC1)CC1CCCO1. The third-order valence-corrected chi connectivity index (χ3v) is 7.10. The van der Waals surface area contributed by atoms with Crippen molar-refractivity contribution in [3.05, 3.63) is 35.4 Å². The fourth-order valence-corrected chi connectivity index (χ4v) is 5.33. The average Bonchev–Trinajstić information content (AvgIpc) is 3.41. The normalized spacial score (nSPS) is 23.3. The van der Waals surface area contributed by atoms with E-state index < -0.39 is 19.0 Å². The van der Waals surface area contributed by atoms with Crippen molar-refractivity contribution in [3.63, 3.8) is 0 Å². The number of fused-ring (bicyclic) bond motifs is 1. The van der Waals surface area contributed by atoms with Crippen LogP contribution in [0.2, 0.25) is 0 Å². The Morgan fingerprint density at radius 3 is 2.32 bits per heavy atom. The van der Waals surface area contributed by atoms with Crippen molar-refractivity contribution in [3.8, 4) is 0 Å². The molecule has 4 rings (SSSR count). The molecule has 1 aliphatic carbocycles. The first-order valence-electron chi connectivity index (χ1n) is 11.6. The molecule has 172 valence electrons. The van der Waals surface area contributed by atoms with E-state index >= 15 is 0 Å². The number of hydrogen-bond donors (Lipinski definition) is 0. The van der Waals surface area contributed by atoms with E-state index in [4.69, 9.17) is 4.74 Å². The predicted molar refractivity (Wildman–Crippen MR) is 113 cm³/mol. The van der Waals surface area contributed by atoms with Crippen LogP contribution in [-0.2, 0) is 22.4 Å². The number of rotatable bonds is 7. The molecule has 31 heavy (non-hydrogen) atoms. The summed E-state index contributed by atoms with van der Waals surface area (Å²) < 4.78 is 43.6. The molecule has 3 aliphatic rings. The molecule has 1 aromatic carbocycles. The number of carbonyl (C=O) groups excluding carboxylic acids is 1. The molecule has 0 aromatic heterocycles. The van der Waals surface area contributed by atoms with Crippen LogP contribution in [0.3, 0.4) is 0 Å². The van der Waals surface area contributed by atoms with Gasteiger partial charge in [0.2, 0.25) is 5.91 Å². The van der Waals surface area contributed by atoms with E-state index in [1.165, 1.54) is 11.1 Å². The smallest absolute Gasteiger partial charge is 0.376 e. The molecule has 2 fully saturated rings. The molecular weight excluding hydrogens is 405 g/mol. The Morgan fingerprint density at radius 2 is 1.74 bits per heavy atom. The molecule has 0 saturated carbocycles. The zero-order chi connectivity index (χ0) is 21.8. The number of benzene rings is 1. The number of alkyl halides is 3. The Balaban J connectivity index is 1.28. The Bertz CT molecular complexity index is 716. The van der Waals surface area contributed by atoms with Gasteiger partial charge < -0.3 is 9.64 Å². The van der Waals surface area contributed by atoms with Crippen molar-refractivity contribution < 1.29 is 22.7 Å². The molecule has 0 radical (unpaired) electrons. The van der Waals surface area contributed by atoms with Crippen molar-refractivity contribution in [2.75, 3.05) is 32.8 Å². The standard InChI is InChI=1S/C24H33F3N2O2/c25-24(26,27)10-7-23(30)29(17-22-6-3-13-31-22)16-18-8-11-28(12-9-18)21-14-19-4-1-2-5-20(19)15-21/h1-2,4-5,18,21-22H,3,6-17H2. The lowest BCUT2D eigenvalue weighted by Crippen LogP contribution is -2.46. The molecule has 1 atom stereocenters. The van der Waals surface area contributed by atoms with Gasteiger partial charge in [0.05, 0.1) is 12.5 Å². The Hall–Kier alpha value is -1.60. The van der Waals surface area contributed by atoms with Crippen LogP contribution in [0.1, 0.15) is 49.7 Å². The summed E-state index contributed by atoms with van der Waals surface area (Å²) >= 11 is 0. The molecule has 0 bridgehead atoms. The second kappa shape index (κ2) is 9.90. The van der Waals surface area contributed by atoms with E-state index in [0.29, 0.717) is 31.7 Å². The first kappa shape index (κ1) is 22.6. The maximum Gasteiger partial charge on any atom is 0.389 e. The average molecular weight is 439 g/mol. The monoisotopic (exact) mass is 438 g/mol. The van der Waals surface area contributed by atoms with Crippen LogP contribution in [0.5, 0.6) is 0 Å². The van der Waals surface area contributed by atoms with Gasteiger partial charge >= 0.3 is 6.18 Å². The van der Waals surface area contributed by atoms with Crippen LogP contribution < -0.4 is 0 Å². The largest absolute Gasteiger partial charge is 0.389 e. The second-order valence-corrected chi connectivity index (χ2v) is 9.36. The lowest BCUT2D eigenvalue weighted by atomic mass is 9.94. The number of piperidine rings is 1. The van der Waals surface area contributed by atoms with Crippen molar-refractivity contribution in [2.45, 2.75) is 69.7 Å². The zero-order valence-corrected chi connectivity index (χ0v) is 18.1. The summed E-state index contributed by atoms with van der Waals surface area (Å²) in [6.45, 7) is 3.64. The lowest BCUT2D eigenvalue weighted by molar-refractivity contribution is -0.150. The van der Waals surface area contributed by atoms with Crippen LogP contribution >= 0.6 is 0 Å². The molecule has 1 unspecified atom stereocenters. The van der Waals surface area contributed by atoms with Gasteiger partial charge in [-0.3, -0.25) is 9.69 Å². The minimum atomic E-state index is -4.30. The first-order valence-corrected chi connectivity index (χ1v) is 11.6. The number of ether oxygens (including phenoxy) is 1. The van der Waals surface area contributed by atoms with Gasteiger partial charge in [0.1, 0.15) is 0 Å². The van der Waals surface area contributed by atoms with Gasteiger partial charge in [0, 0.05) is 32.2 Å². The Kier molecular flexibility index (Phi) is 7.22. The van der Waals surface area contributed by atoms with E-state index in [1.807, 2.05) is 0 Å². The maximum absolute atomic E-state index is 12.6. The van der Waals surface area contributed by atoms with E-state index in [9.17, 15) is 18.0 Å². The van der Waals surface area contributed by atoms with E-state index in [0.717, 1.165) is 51.6 Å². The highest BCUT2D eigenvalue weighted by Gasteiger charge is 2.33. The van der Waals surface area contributed by atoms with Gasteiger partial charge in [-0.1, -0.05) is 24.3 Å². The van der Waals surface area contributed by atoms with Crippen molar-refractivity contribution in [1.29, 1.82) is 0 Å². The summed E-state index contributed by atoms with van der Waals surface area (Å²) in [5.41, 5.74) is 2.90. The number of halogens is 3. The highest BCUT2D eigenvalue weighted by Crippen LogP contribution is 2.29. The lowest BCUT2D eigenvalue weighted by Gasteiger charge is -2.38.